The van der Waals surface area contributed by atoms with Crippen LogP contribution in [0.5, 0.6) is 0 Å². The van der Waals surface area contributed by atoms with E-state index in [1.165, 1.54) is 10.9 Å². The fraction of sp³-hybridized carbons (Fsp3) is 0.571. The minimum atomic E-state index is -1.36. The molecule has 144 valence electrons. The van der Waals surface area contributed by atoms with Gasteiger partial charge in [0, 0.05) is 10.8 Å². The van der Waals surface area contributed by atoms with Gasteiger partial charge in [-0.2, -0.15) is 4.98 Å². The number of azide groups is 1. The first-order valence-electron chi connectivity index (χ1n) is 8.13. The highest BCUT2D eigenvalue weighted by molar-refractivity contribution is 5.91. The van der Waals surface area contributed by atoms with Crippen LogP contribution < -0.4 is 10.9 Å². The molecular formula is C14H18N8O5. The number of hydrogen-bond donors (Lipinski definition) is 4. The summed E-state index contributed by atoms with van der Waals surface area (Å²) < 4.78 is 6.84. The third kappa shape index (κ3) is 3.48. The Morgan fingerprint density at radius 3 is 2.93 bits per heavy atom. The molecule has 27 heavy (non-hydrogen) atoms. The number of anilines is 1. The Hall–Kier alpha value is -2.99. The predicted octanol–water partition coefficient (Wildman–Crippen LogP) is -0.356. The molecule has 3 heterocycles. The van der Waals surface area contributed by atoms with Crippen molar-refractivity contribution in [2.75, 3.05) is 11.9 Å². The van der Waals surface area contributed by atoms with E-state index < -0.39 is 30.1 Å². The highest BCUT2D eigenvalue weighted by Gasteiger charge is 2.44. The molecule has 4 atom stereocenters. The second-order valence-corrected chi connectivity index (χ2v) is 6.34. The molecule has 1 fully saturated rings. The maximum Gasteiger partial charge on any atom is 0.280 e. The lowest BCUT2D eigenvalue weighted by Crippen LogP contribution is -2.32. The van der Waals surface area contributed by atoms with Crippen molar-refractivity contribution in [3.8, 4) is 0 Å². The topological polar surface area (TPSA) is 191 Å². The van der Waals surface area contributed by atoms with Crippen molar-refractivity contribution in [3.05, 3.63) is 27.1 Å². The van der Waals surface area contributed by atoms with Crippen LogP contribution in [0, 0.1) is 5.92 Å². The van der Waals surface area contributed by atoms with E-state index in [4.69, 9.17) is 10.3 Å². The summed E-state index contributed by atoms with van der Waals surface area (Å²) in [4.78, 5) is 37.2. The second kappa shape index (κ2) is 7.32. The lowest BCUT2D eigenvalue weighted by atomic mass is 10.1. The van der Waals surface area contributed by atoms with Gasteiger partial charge in [-0.3, -0.25) is 24.5 Å². The van der Waals surface area contributed by atoms with Gasteiger partial charge in [-0.15, -0.1) is 0 Å². The quantitative estimate of drug-likeness (QED) is 0.310. The van der Waals surface area contributed by atoms with Crippen LogP contribution in [0.15, 0.2) is 16.2 Å². The molecule has 1 aliphatic rings. The van der Waals surface area contributed by atoms with E-state index in [0.717, 1.165) is 0 Å². The summed E-state index contributed by atoms with van der Waals surface area (Å²) in [7, 11) is 0. The molecule has 13 heteroatoms. The Balaban J connectivity index is 1.97. The van der Waals surface area contributed by atoms with E-state index in [-0.39, 0.29) is 35.5 Å². The molecule has 3 rings (SSSR count). The Labute approximate surface area is 151 Å². The molecule has 2 aromatic rings. The number of carbonyl (C=O) groups excluding carboxylic acids is 1. The number of hydrogen-bond acceptors (Lipinski definition) is 8. The van der Waals surface area contributed by atoms with E-state index in [9.17, 15) is 19.8 Å². The van der Waals surface area contributed by atoms with Crippen LogP contribution in [0.2, 0.25) is 0 Å². The molecule has 2 aromatic heterocycles. The summed E-state index contributed by atoms with van der Waals surface area (Å²) >= 11 is 0. The van der Waals surface area contributed by atoms with Crippen LogP contribution in [0.25, 0.3) is 21.6 Å². The van der Waals surface area contributed by atoms with E-state index in [1.807, 2.05) is 0 Å². The zero-order valence-electron chi connectivity index (χ0n) is 14.5. The van der Waals surface area contributed by atoms with Gasteiger partial charge in [0.2, 0.25) is 11.9 Å². The molecule has 1 amide bonds. The minimum absolute atomic E-state index is 0.0265. The van der Waals surface area contributed by atoms with Gasteiger partial charge in [-0.1, -0.05) is 19.0 Å². The first-order chi connectivity index (χ1) is 12.8. The number of aromatic amines is 1. The van der Waals surface area contributed by atoms with Crippen molar-refractivity contribution in [2.24, 2.45) is 11.0 Å². The first kappa shape index (κ1) is 18.8. The van der Waals surface area contributed by atoms with Gasteiger partial charge in [0.1, 0.15) is 12.2 Å². The number of nitrogens with one attached hydrogen (secondary N) is 2. The Bertz CT molecular complexity index is 962. The molecular weight excluding hydrogens is 360 g/mol. The highest BCUT2D eigenvalue weighted by atomic mass is 16.6. The van der Waals surface area contributed by atoms with Crippen LogP contribution in [-0.4, -0.2) is 60.5 Å². The largest absolute Gasteiger partial charge is 0.388 e. The minimum Gasteiger partial charge on any atom is -0.388 e. The summed E-state index contributed by atoms with van der Waals surface area (Å²) in [6.45, 7) is 3.19. The SMILES string of the molecule is CC(C)C(=O)Nc1nc2c(ncn2C2OC(CN=[N+]=[N-])C(O)C2O)c(=O)[nH]1. The predicted molar refractivity (Wildman–Crippen MR) is 91.6 cm³/mol. The van der Waals surface area contributed by atoms with Crippen molar-refractivity contribution in [1.29, 1.82) is 0 Å². The third-order valence-corrected chi connectivity index (χ3v) is 4.13. The number of carbonyl (C=O) groups is 1. The standard InChI is InChI=1S/C14H18N8O5/c1-5(2)11(25)19-14-18-10-7(12(26)20-14)16-4-22(10)13-9(24)8(23)6(27-13)3-17-21-15/h4-6,8-9,13,23-24H,3H2,1-2H3,(H2,18,19,20,25,26). The van der Waals surface area contributed by atoms with E-state index >= 15 is 0 Å². The molecule has 1 saturated heterocycles. The highest BCUT2D eigenvalue weighted by Crippen LogP contribution is 2.31. The molecule has 0 spiro atoms. The maximum absolute atomic E-state index is 12.2. The first-order valence-corrected chi connectivity index (χ1v) is 8.13. The molecule has 4 N–H and O–H groups in total. The smallest absolute Gasteiger partial charge is 0.280 e. The number of aliphatic hydroxyl groups excluding tert-OH is 2. The Morgan fingerprint density at radius 2 is 2.26 bits per heavy atom. The number of imidazole rings is 1. The molecule has 0 aliphatic carbocycles. The zero-order valence-corrected chi connectivity index (χ0v) is 14.5. The van der Waals surface area contributed by atoms with Gasteiger partial charge in [0.15, 0.2) is 17.4 Å². The zero-order chi connectivity index (χ0) is 19.7. The van der Waals surface area contributed by atoms with Crippen LogP contribution in [-0.2, 0) is 9.53 Å². The van der Waals surface area contributed by atoms with Crippen molar-refractivity contribution >= 4 is 23.0 Å². The van der Waals surface area contributed by atoms with Crippen molar-refractivity contribution in [3.63, 3.8) is 0 Å². The number of H-pyrrole nitrogens is 1. The number of aliphatic hydroxyl groups is 2. The molecule has 1 aliphatic heterocycles. The summed E-state index contributed by atoms with van der Waals surface area (Å²) in [6.07, 6.45) is -3.47. The summed E-state index contributed by atoms with van der Waals surface area (Å²) in [6, 6.07) is 0. The number of aromatic nitrogens is 4. The number of rotatable bonds is 5. The van der Waals surface area contributed by atoms with Gasteiger partial charge in [-0.25, -0.2) is 4.98 Å². The van der Waals surface area contributed by atoms with Gasteiger partial charge in [0.05, 0.1) is 19.0 Å². The van der Waals surface area contributed by atoms with Gasteiger partial charge in [-0.05, 0) is 5.53 Å². The van der Waals surface area contributed by atoms with E-state index in [1.54, 1.807) is 13.8 Å². The van der Waals surface area contributed by atoms with Gasteiger partial charge >= 0.3 is 0 Å². The number of amides is 1. The van der Waals surface area contributed by atoms with Crippen LogP contribution in [0.3, 0.4) is 0 Å². The second-order valence-electron chi connectivity index (χ2n) is 6.34. The maximum atomic E-state index is 12.2. The molecule has 13 nitrogen and oxygen atoms in total. The van der Waals surface area contributed by atoms with Crippen molar-refractivity contribution in [1.82, 2.24) is 19.5 Å². The lowest BCUT2D eigenvalue weighted by Gasteiger charge is -2.16. The summed E-state index contributed by atoms with van der Waals surface area (Å²) in [5.74, 6) is -0.746. The normalized spacial score (nSPS) is 24.9. The summed E-state index contributed by atoms with van der Waals surface area (Å²) in [5, 5.41) is 26.2. The number of nitrogens with zero attached hydrogens (tertiary/aromatic N) is 6. The van der Waals surface area contributed by atoms with Crippen LogP contribution >= 0.6 is 0 Å². The Morgan fingerprint density at radius 1 is 1.52 bits per heavy atom. The van der Waals surface area contributed by atoms with Gasteiger partial charge < -0.3 is 14.9 Å². The van der Waals surface area contributed by atoms with Crippen molar-refractivity contribution < 1.29 is 19.7 Å². The average molecular weight is 378 g/mol. The fourth-order valence-corrected chi connectivity index (χ4v) is 2.66. The lowest BCUT2D eigenvalue weighted by molar-refractivity contribution is -0.118. The van der Waals surface area contributed by atoms with Crippen molar-refractivity contribution in [2.45, 2.75) is 38.4 Å². The van der Waals surface area contributed by atoms with E-state index in [0.29, 0.717) is 0 Å². The molecule has 0 radical (unpaired) electrons. The number of fused-ring (bicyclic) bond motifs is 1. The van der Waals surface area contributed by atoms with E-state index in [2.05, 4.69) is 30.3 Å². The monoisotopic (exact) mass is 378 g/mol. The molecule has 0 saturated carbocycles. The van der Waals surface area contributed by atoms with Crippen LogP contribution in [0.4, 0.5) is 5.95 Å². The van der Waals surface area contributed by atoms with Crippen LogP contribution in [0.1, 0.15) is 20.1 Å². The summed E-state index contributed by atoms with van der Waals surface area (Å²) in [5.41, 5.74) is 7.84. The molecule has 0 aromatic carbocycles. The fourth-order valence-electron chi connectivity index (χ4n) is 2.66. The number of ether oxygens (including phenoxy) is 1. The third-order valence-electron chi connectivity index (χ3n) is 4.13. The molecule has 4 unspecified atom stereocenters. The average Bonchev–Trinajstić information content (AvgIpc) is 3.16. The van der Waals surface area contributed by atoms with Gasteiger partial charge in [0.25, 0.3) is 5.56 Å². The Kier molecular flexibility index (Phi) is 5.10. The molecule has 0 bridgehead atoms.